The second-order valence-corrected chi connectivity index (χ2v) is 8.16. The van der Waals surface area contributed by atoms with Gasteiger partial charge in [-0.05, 0) is 24.3 Å². The van der Waals surface area contributed by atoms with Gasteiger partial charge in [-0.25, -0.2) is 26.3 Å². The molecule has 11 heteroatoms. The molecule has 0 saturated heterocycles. The van der Waals surface area contributed by atoms with Gasteiger partial charge in [-0.1, -0.05) is 24.3 Å². The minimum Gasteiger partial charge on any atom is -1.00 e. The van der Waals surface area contributed by atoms with Crippen LogP contribution in [-0.4, -0.2) is 28.6 Å². The van der Waals surface area contributed by atoms with Gasteiger partial charge in [0.15, 0.2) is 0 Å². The number of sulfonamides is 2. The van der Waals surface area contributed by atoms with Crippen molar-refractivity contribution < 1.29 is 57.4 Å². The number of benzene rings is 2. The van der Waals surface area contributed by atoms with Crippen LogP contribution in [-0.2, 0) is 20.0 Å². The predicted molar refractivity (Wildman–Crippen MR) is 83.3 cm³/mol. The summed E-state index contributed by atoms with van der Waals surface area (Å²) in [5.74, 6) is -1.10. The standard InChI is InChI=1S/2C7H5NO3S.Na.H/c2*9-7-5-3-1-2-4-6(5)12(10,11)8-7;;/h2*1-4H,(H,8,9);;/q;;+1;-1. The summed E-state index contributed by atoms with van der Waals surface area (Å²) < 4.78 is 48.3. The Balaban J connectivity index is 0.000000241. The van der Waals surface area contributed by atoms with Crippen LogP contribution in [0.4, 0.5) is 0 Å². The Morgan fingerprint density at radius 3 is 1.28 bits per heavy atom. The van der Waals surface area contributed by atoms with Gasteiger partial charge in [-0.15, -0.1) is 0 Å². The molecule has 25 heavy (non-hydrogen) atoms. The number of hydrogen-bond acceptors (Lipinski definition) is 6. The summed E-state index contributed by atoms with van der Waals surface area (Å²) in [6.07, 6.45) is 0. The fourth-order valence-electron chi connectivity index (χ4n) is 2.24. The Labute approximate surface area is 167 Å². The Hall–Kier alpha value is -1.72. The SMILES string of the molecule is O=C1NS(=O)(=O)c2ccccc21.O=C1NS(=O)(=O)c2ccccc21.[H-].[Na+]. The molecule has 2 aromatic carbocycles. The molecule has 0 saturated carbocycles. The molecule has 0 fully saturated rings. The molecule has 4 rings (SSSR count). The third kappa shape index (κ3) is 3.62. The Morgan fingerprint density at radius 1 is 0.640 bits per heavy atom. The van der Waals surface area contributed by atoms with Crippen LogP contribution in [0.1, 0.15) is 22.1 Å². The van der Waals surface area contributed by atoms with E-state index in [4.69, 9.17) is 0 Å². The summed E-state index contributed by atoms with van der Waals surface area (Å²) in [7, 11) is -7.11. The number of nitrogens with one attached hydrogen (secondary N) is 2. The molecule has 126 valence electrons. The second-order valence-electron chi connectivity index (χ2n) is 4.86. The number of amides is 2. The maximum absolute atomic E-state index is 11.1. The van der Waals surface area contributed by atoms with Crippen LogP contribution in [0.15, 0.2) is 58.3 Å². The average molecular weight is 390 g/mol. The molecule has 2 aliphatic heterocycles. The van der Waals surface area contributed by atoms with E-state index in [1.54, 1.807) is 24.3 Å². The van der Waals surface area contributed by atoms with Crippen molar-refractivity contribution in [3.63, 3.8) is 0 Å². The van der Waals surface area contributed by atoms with Crippen LogP contribution in [0, 0.1) is 0 Å². The van der Waals surface area contributed by atoms with Crippen molar-refractivity contribution in [1.29, 1.82) is 0 Å². The number of carbonyl (C=O) groups excluding carboxylic acids is 2. The van der Waals surface area contributed by atoms with Crippen molar-refractivity contribution in [1.82, 2.24) is 9.44 Å². The molecule has 2 heterocycles. The Morgan fingerprint density at radius 2 is 0.960 bits per heavy atom. The monoisotopic (exact) mass is 390 g/mol. The quantitative estimate of drug-likeness (QED) is 0.474. The van der Waals surface area contributed by atoms with Crippen LogP contribution in [0.5, 0.6) is 0 Å². The Kier molecular flexibility index (Phi) is 5.40. The van der Waals surface area contributed by atoms with Gasteiger partial charge in [0.05, 0.1) is 11.1 Å². The number of hydrogen-bond donors (Lipinski definition) is 2. The first-order valence-electron chi connectivity index (χ1n) is 6.55. The van der Waals surface area contributed by atoms with Gasteiger partial charge in [0.2, 0.25) is 0 Å². The van der Waals surface area contributed by atoms with Crippen LogP contribution in [0.3, 0.4) is 0 Å². The number of carbonyl (C=O) groups is 2. The van der Waals surface area contributed by atoms with E-state index in [-0.39, 0.29) is 51.9 Å². The Bertz CT molecular complexity index is 999. The zero-order valence-electron chi connectivity index (χ0n) is 13.9. The van der Waals surface area contributed by atoms with Crippen molar-refractivity contribution in [3.05, 3.63) is 59.7 Å². The fraction of sp³-hybridized carbons (Fsp3) is 0. The van der Waals surface area contributed by atoms with Crippen molar-refractivity contribution >= 4 is 31.9 Å². The van der Waals surface area contributed by atoms with Crippen molar-refractivity contribution in [2.75, 3.05) is 0 Å². The normalized spacial score (nSPS) is 17.8. The van der Waals surface area contributed by atoms with Crippen molar-refractivity contribution in [2.45, 2.75) is 9.79 Å². The van der Waals surface area contributed by atoms with E-state index in [9.17, 15) is 26.4 Å². The minimum absolute atomic E-state index is 0. The first kappa shape index (κ1) is 19.6. The van der Waals surface area contributed by atoms with Gasteiger partial charge < -0.3 is 1.43 Å². The molecule has 8 nitrogen and oxygen atoms in total. The van der Waals surface area contributed by atoms with Gasteiger partial charge >= 0.3 is 29.6 Å². The predicted octanol–water partition coefficient (Wildman–Crippen LogP) is -2.65. The summed E-state index contributed by atoms with van der Waals surface area (Å²) in [6.45, 7) is 0. The molecule has 0 atom stereocenters. The summed E-state index contributed by atoms with van der Waals surface area (Å²) in [6, 6.07) is 12.2. The van der Waals surface area contributed by atoms with Crippen molar-refractivity contribution in [3.8, 4) is 0 Å². The van der Waals surface area contributed by atoms with Crippen LogP contribution in [0.2, 0.25) is 0 Å². The van der Waals surface area contributed by atoms with Gasteiger partial charge in [0.1, 0.15) is 9.79 Å². The third-order valence-corrected chi connectivity index (χ3v) is 6.07. The largest absolute Gasteiger partial charge is 1.00 e. The third-order valence-electron chi connectivity index (χ3n) is 3.30. The van der Waals surface area contributed by atoms with E-state index in [2.05, 4.69) is 0 Å². The number of rotatable bonds is 0. The molecule has 0 unspecified atom stereocenters. The van der Waals surface area contributed by atoms with Gasteiger partial charge in [0, 0.05) is 0 Å². The smallest absolute Gasteiger partial charge is 1.00 e. The van der Waals surface area contributed by atoms with Crippen LogP contribution < -0.4 is 39.0 Å². The topological polar surface area (TPSA) is 126 Å². The molecule has 0 radical (unpaired) electrons. The van der Waals surface area contributed by atoms with Gasteiger partial charge in [-0.3, -0.25) is 9.59 Å². The van der Waals surface area contributed by atoms with Crippen molar-refractivity contribution in [2.24, 2.45) is 0 Å². The minimum atomic E-state index is -3.55. The summed E-state index contributed by atoms with van der Waals surface area (Å²) in [5, 5.41) is 0. The first-order valence-corrected chi connectivity index (χ1v) is 9.51. The molecular weight excluding hydrogens is 379 g/mol. The zero-order valence-corrected chi connectivity index (χ0v) is 16.5. The van der Waals surface area contributed by atoms with E-state index in [1.165, 1.54) is 24.3 Å². The van der Waals surface area contributed by atoms with E-state index >= 15 is 0 Å². The molecule has 2 amide bonds. The summed E-state index contributed by atoms with van der Waals surface area (Å²) >= 11 is 0. The molecule has 0 spiro atoms. The van der Waals surface area contributed by atoms with E-state index in [0.717, 1.165) is 0 Å². The van der Waals surface area contributed by atoms with E-state index < -0.39 is 31.9 Å². The van der Waals surface area contributed by atoms with Crippen LogP contribution in [0.25, 0.3) is 0 Å². The summed E-state index contributed by atoms with van der Waals surface area (Å²) in [4.78, 5) is 22.1. The zero-order chi connectivity index (χ0) is 17.5. The average Bonchev–Trinajstić information content (AvgIpc) is 2.91. The maximum atomic E-state index is 11.1. The first-order chi connectivity index (χ1) is 11.2. The molecule has 2 aromatic rings. The molecule has 2 aliphatic rings. The van der Waals surface area contributed by atoms with E-state index in [0.29, 0.717) is 0 Å². The number of fused-ring (bicyclic) bond motifs is 2. The molecule has 0 bridgehead atoms. The fourth-order valence-corrected chi connectivity index (χ4v) is 4.59. The molecule has 0 aliphatic carbocycles. The summed E-state index contributed by atoms with van der Waals surface area (Å²) in [5.41, 5.74) is 0.440. The van der Waals surface area contributed by atoms with Gasteiger partial charge in [0.25, 0.3) is 31.9 Å². The molecule has 0 aromatic heterocycles. The molecular formula is C14H11N2NaO6S2. The second kappa shape index (κ2) is 6.89. The molecule has 2 N–H and O–H groups in total. The van der Waals surface area contributed by atoms with Gasteiger partial charge in [-0.2, -0.15) is 0 Å². The maximum Gasteiger partial charge on any atom is 1.00 e. The van der Waals surface area contributed by atoms with E-state index in [1.807, 2.05) is 9.44 Å². The van der Waals surface area contributed by atoms with Crippen LogP contribution >= 0.6 is 0 Å².